The highest BCUT2D eigenvalue weighted by atomic mass is 128. The average molecular weight is 887 g/mol. The maximum Gasteiger partial charge on any atom is 0.264 e. The molecule has 2 saturated carbocycles. The van der Waals surface area contributed by atoms with E-state index in [2.05, 4.69) is 92.8 Å². The molecule has 0 aliphatic heterocycles. The van der Waals surface area contributed by atoms with Crippen LogP contribution >= 0.6 is 61.2 Å². The van der Waals surface area contributed by atoms with Crippen molar-refractivity contribution in [3.63, 3.8) is 0 Å². The molecule has 2 fully saturated rings. The van der Waals surface area contributed by atoms with Crippen LogP contribution in [0, 0.1) is 13.8 Å². The van der Waals surface area contributed by atoms with Crippen molar-refractivity contribution >= 4 is 71.3 Å². The van der Waals surface area contributed by atoms with E-state index in [0.717, 1.165) is 18.3 Å². The molecule has 0 unspecified atom stereocenters. The summed E-state index contributed by atoms with van der Waals surface area (Å²) in [6.07, 6.45) is 16.0. The van der Waals surface area contributed by atoms with Crippen molar-refractivity contribution in [1.29, 1.82) is 0 Å². The van der Waals surface area contributed by atoms with Gasteiger partial charge in [-0.05, 0) is 46.6 Å². The lowest BCUT2D eigenvalue weighted by atomic mass is 9.89. The molecule has 2 aromatic rings. The monoisotopic (exact) mass is 887 g/mol. The van der Waals surface area contributed by atoms with E-state index in [9.17, 15) is 8.42 Å². The zero-order valence-electron chi connectivity index (χ0n) is 23.1. The van der Waals surface area contributed by atoms with Gasteiger partial charge in [0.2, 0.25) is 0 Å². The van der Waals surface area contributed by atoms with E-state index in [0.29, 0.717) is 11.6 Å². The van der Waals surface area contributed by atoms with Gasteiger partial charge in [0.25, 0.3) is 10.1 Å². The van der Waals surface area contributed by atoms with Crippen molar-refractivity contribution in [2.45, 2.75) is 96.6 Å². The first-order chi connectivity index (χ1) is 17.7. The number of halogens is 3. The van der Waals surface area contributed by atoms with Crippen LogP contribution in [0.15, 0.2) is 30.3 Å². The molecule has 1 heterocycles. The fourth-order valence-electron chi connectivity index (χ4n) is 4.49. The highest BCUT2D eigenvalue weighted by Gasteiger charge is 2.25. The van der Waals surface area contributed by atoms with Gasteiger partial charge >= 0.3 is 0 Å². The molecule has 4 rings (SSSR count). The van der Waals surface area contributed by atoms with Crippen LogP contribution in [-0.2, 0) is 20.7 Å². The van der Waals surface area contributed by atoms with Crippen molar-refractivity contribution in [2.24, 2.45) is 0 Å². The van der Waals surface area contributed by atoms with E-state index in [1.165, 1.54) is 69.8 Å². The van der Waals surface area contributed by atoms with Crippen molar-refractivity contribution in [3.8, 4) is 0 Å². The first kappa shape index (κ1) is 38.2. The van der Waals surface area contributed by atoms with Gasteiger partial charge in [0.05, 0.1) is 12.9 Å². The Morgan fingerprint density at radius 1 is 0.842 bits per heavy atom. The van der Waals surface area contributed by atoms with Gasteiger partial charge in [0.15, 0.2) is 11.6 Å². The van der Waals surface area contributed by atoms with E-state index >= 15 is 0 Å². The lowest BCUT2D eigenvalue weighted by molar-refractivity contribution is 0.111. The van der Waals surface area contributed by atoms with Crippen LogP contribution < -0.4 is 0 Å². The van der Waals surface area contributed by atoms with Gasteiger partial charge in [0.1, 0.15) is 0 Å². The van der Waals surface area contributed by atoms with Gasteiger partial charge < -0.3 is 4.90 Å². The molecule has 1 aromatic carbocycles. The maximum absolute atomic E-state index is 10.6. The van der Waals surface area contributed by atoms with E-state index in [-0.39, 0.29) is 37.0 Å². The van der Waals surface area contributed by atoms with E-state index < -0.39 is 10.1 Å². The van der Waals surface area contributed by atoms with Gasteiger partial charge in [0, 0.05) is 55.7 Å². The quantitative estimate of drug-likeness (QED) is 0.225. The molecule has 0 atom stereocenters. The summed E-state index contributed by atoms with van der Waals surface area (Å²) >= 11 is 4.24. The molecular weight excluding hydrogens is 843 g/mol. The van der Waals surface area contributed by atoms with Crippen LogP contribution in [0.2, 0.25) is 0 Å². The van der Waals surface area contributed by atoms with Gasteiger partial charge in [-0.3, -0.25) is 4.18 Å². The Morgan fingerprint density at radius 2 is 1.29 bits per heavy atom. The van der Waals surface area contributed by atoms with Crippen molar-refractivity contribution in [2.75, 3.05) is 19.9 Å². The topological polar surface area (TPSA) is 98.2 Å². The summed E-state index contributed by atoms with van der Waals surface area (Å²) in [5, 5.41) is 14.7. The first-order valence-corrected chi connectivity index (χ1v) is 21.1. The molecule has 38 heavy (non-hydrogen) atoms. The van der Waals surface area contributed by atoms with Crippen LogP contribution in [0.5, 0.6) is 0 Å². The van der Waals surface area contributed by atoms with Gasteiger partial charge in [-0.15, -0.1) is 44.4 Å². The molecule has 12 heteroatoms. The van der Waals surface area contributed by atoms with Crippen LogP contribution in [0.4, 0.5) is 0 Å². The molecule has 0 spiro atoms. The molecule has 0 N–H and O–H groups in total. The molecule has 0 bridgehead atoms. The standard InChI is InChI=1S/C13H25N.C7H8.C6H10N4O3S.I2.HI/c1-14(12-8-4-2-5-9-12)13-10-6-3-7-11-13;1-7-5-3-2-4-6-7;1-5-7-9-6(10-8-5)3-4-13-14(2,11)12;1-2;/h12-13H,2-11H2,1H3;2-6H,1H3;3-4H2,1-2H3;;1H. The first-order valence-electron chi connectivity index (χ1n) is 13.0. The fourth-order valence-corrected chi connectivity index (χ4v) is 4.88. The Hall–Kier alpha value is 0.220. The van der Waals surface area contributed by atoms with E-state index in [1.54, 1.807) is 6.92 Å². The lowest BCUT2D eigenvalue weighted by Crippen LogP contribution is -2.42. The van der Waals surface area contributed by atoms with Gasteiger partial charge in [-0.25, -0.2) is 0 Å². The number of aryl methyl sites for hydroxylation is 2. The predicted molar refractivity (Wildman–Crippen MR) is 183 cm³/mol. The number of hydrogen-bond donors (Lipinski definition) is 0. The minimum atomic E-state index is -3.40. The summed E-state index contributed by atoms with van der Waals surface area (Å²) in [6, 6.07) is 12.1. The summed E-state index contributed by atoms with van der Waals surface area (Å²) < 4.78 is 25.7. The molecule has 0 saturated heterocycles. The Balaban J connectivity index is 0.000000541. The summed E-state index contributed by atoms with van der Waals surface area (Å²) in [4.78, 5) is 2.72. The van der Waals surface area contributed by atoms with Crippen molar-refractivity contribution in [1.82, 2.24) is 25.3 Å². The number of nitrogens with zero attached hydrogens (tertiary/aromatic N) is 5. The summed E-state index contributed by atoms with van der Waals surface area (Å²) in [5.41, 5.74) is 1.32. The molecule has 2 aliphatic carbocycles. The smallest absolute Gasteiger partial charge is 0.264 e. The van der Waals surface area contributed by atoms with E-state index in [1.807, 2.05) is 18.2 Å². The summed E-state index contributed by atoms with van der Waals surface area (Å²) in [6.45, 7) is 3.75. The minimum Gasteiger partial charge on any atom is -0.300 e. The minimum absolute atomic E-state index is 0. The van der Waals surface area contributed by atoms with Crippen LogP contribution in [0.25, 0.3) is 0 Å². The maximum atomic E-state index is 10.6. The van der Waals surface area contributed by atoms with Gasteiger partial charge in [-0.2, -0.15) is 8.42 Å². The Bertz CT molecular complexity index is 911. The van der Waals surface area contributed by atoms with Crippen LogP contribution in [0.1, 0.15) is 81.4 Å². The lowest BCUT2D eigenvalue weighted by Gasteiger charge is -2.39. The second-order valence-electron chi connectivity index (χ2n) is 9.54. The fraction of sp³-hybridized carbons (Fsp3) is 0.692. The number of rotatable bonds is 6. The third kappa shape index (κ3) is 18.5. The number of aromatic nitrogens is 4. The van der Waals surface area contributed by atoms with Crippen LogP contribution in [-0.4, -0.2) is 65.7 Å². The number of benzene rings is 1. The molecule has 0 amide bonds. The zero-order valence-corrected chi connectivity index (χ0v) is 30.5. The second kappa shape index (κ2) is 22.9. The normalized spacial score (nSPS) is 16.0. The molecular formula is C26H44I3N5O3S. The predicted octanol–water partition coefficient (Wildman–Crippen LogP) is 7.06. The summed E-state index contributed by atoms with van der Waals surface area (Å²) in [5.74, 6) is 0.831. The van der Waals surface area contributed by atoms with Gasteiger partial charge in [-0.1, -0.05) is 74.4 Å². The Kier molecular flexibility index (Phi) is 23.0. The van der Waals surface area contributed by atoms with Crippen molar-refractivity contribution in [3.05, 3.63) is 47.5 Å². The molecule has 0 radical (unpaired) electrons. The average Bonchev–Trinajstić information content (AvgIpc) is 2.92. The largest absolute Gasteiger partial charge is 0.300 e. The molecule has 218 valence electrons. The molecule has 8 nitrogen and oxygen atoms in total. The molecule has 2 aliphatic rings. The van der Waals surface area contributed by atoms with E-state index in [4.69, 9.17) is 0 Å². The van der Waals surface area contributed by atoms with Crippen molar-refractivity contribution < 1.29 is 12.6 Å². The third-order valence-electron chi connectivity index (χ3n) is 6.49. The second-order valence-corrected chi connectivity index (χ2v) is 11.2. The third-order valence-corrected chi connectivity index (χ3v) is 7.08. The highest BCUT2D eigenvalue weighted by Crippen LogP contribution is 2.28. The highest BCUT2D eigenvalue weighted by molar-refractivity contribution is 15.0. The Labute approximate surface area is 270 Å². The van der Waals surface area contributed by atoms with Crippen LogP contribution in [0.3, 0.4) is 0 Å². The molecule has 1 aromatic heterocycles. The SMILES string of the molecule is CN(C1CCCCC1)C1CCCCC1.Cc1ccccc1.Cc1nnc(CCOS(C)(=O)=O)nn1.I.II. The zero-order chi connectivity index (χ0) is 27.5. The summed E-state index contributed by atoms with van der Waals surface area (Å²) in [7, 11) is -1.02. The number of hydrogen-bond acceptors (Lipinski definition) is 8. The Morgan fingerprint density at radius 3 is 1.66 bits per heavy atom.